The first-order valence-corrected chi connectivity index (χ1v) is 9.45. The van der Waals surface area contributed by atoms with E-state index in [0.29, 0.717) is 36.8 Å². The zero-order chi connectivity index (χ0) is 18.5. The molecule has 1 saturated carbocycles. The third-order valence-electron chi connectivity index (χ3n) is 6.28. The fraction of sp³-hybridized carbons (Fsp3) is 0.579. The van der Waals surface area contributed by atoms with E-state index in [2.05, 4.69) is 0 Å². The number of hydrogen-bond acceptors (Lipinski definition) is 3. The van der Waals surface area contributed by atoms with Gasteiger partial charge in [-0.25, -0.2) is 4.39 Å². The van der Waals surface area contributed by atoms with Gasteiger partial charge in [0.2, 0.25) is 5.91 Å². The molecule has 1 N–H and O–H groups in total. The fourth-order valence-electron chi connectivity index (χ4n) is 4.56. The van der Waals surface area contributed by atoms with Crippen molar-refractivity contribution in [3.8, 4) is 0 Å². The standard InChI is InChI=1S/C19H22ClFN2O3/c20-15-5-4-13(16(21)6-15)7-22-8-14-9-23(17(24)12-2-1-3-12)11-19(14,10-22)18(25)26/h4-6,12,14H,1-3,7-11H2,(H,25,26)/t14-,19-/m1/s1. The van der Waals surface area contributed by atoms with Crippen molar-refractivity contribution in [1.82, 2.24) is 9.80 Å². The number of nitrogens with zero attached hydrogens (tertiary/aromatic N) is 2. The number of hydrogen-bond donors (Lipinski definition) is 1. The van der Waals surface area contributed by atoms with Gasteiger partial charge in [0.15, 0.2) is 0 Å². The van der Waals surface area contributed by atoms with E-state index in [9.17, 15) is 19.1 Å². The monoisotopic (exact) mass is 380 g/mol. The van der Waals surface area contributed by atoms with Gasteiger partial charge in [0, 0.05) is 55.1 Å². The maximum absolute atomic E-state index is 14.1. The van der Waals surface area contributed by atoms with Crippen LogP contribution in [0.3, 0.4) is 0 Å². The normalized spacial score (nSPS) is 28.8. The average molecular weight is 381 g/mol. The van der Waals surface area contributed by atoms with Crippen molar-refractivity contribution in [3.63, 3.8) is 0 Å². The van der Waals surface area contributed by atoms with Crippen LogP contribution in [-0.4, -0.2) is 53.0 Å². The molecular formula is C19H22ClFN2O3. The molecule has 0 unspecified atom stereocenters. The van der Waals surface area contributed by atoms with E-state index in [1.165, 1.54) is 6.07 Å². The predicted molar refractivity (Wildman–Crippen MR) is 94.2 cm³/mol. The molecule has 2 aliphatic heterocycles. The van der Waals surface area contributed by atoms with Crippen LogP contribution in [0.4, 0.5) is 4.39 Å². The van der Waals surface area contributed by atoms with E-state index in [1.807, 2.05) is 4.90 Å². The van der Waals surface area contributed by atoms with Crippen LogP contribution in [0.1, 0.15) is 24.8 Å². The Balaban J connectivity index is 1.48. The van der Waals surface area contributed by atoms with E-state index < -0.39 is 11.4 Å². The largest absolute Gasteiger partial charge is 0.481 e. The van der Waals surface area contributed by atoms with Crippen LogP contribution in [0, 0.1) is 23.1 Å². The molecule has 26 heavy (non-hydrogen) atoms. The smallest absolute Gasteiger partial charge is 0.313 e. The Kier molecular flexibility index (Phi) is 4.43. The van der Waals surface area contributed by atoms with Crippen LogP contribution >= 0.6 is 11.6 Å². The second-order valence-electron chi connectivity index (χ2n) is 7.91. The SMILES string of the molecule is O=C(C1CCC1)N1C[C@H]2CN(Cc3ccc(Cl)cc3F)C[C@@]2(C(=O)O)C1. The van der Waals surface area contributed by atoms with E-state index in [0.717, 1.165) is 19.3 Å². The Morgan fingerprint density at radius 1 is 1.27 bits per heavy atom. The molecule has 140 valence electrons. The van der Waals surface area contributed by atoms with Crippen LogP contribution in [0.15, 0.2) is 18.2 Å². The van der Waals surface area contributed by atoms with Gasteiger partial charge in [-0.05, 0) is 25.0 Å². The van der Waals surface area contributed by atoms with Gasteiger partial charge in [0.05, 0.1) is 0 Å². The number of carboxylic acid groups (broad SMARTS) is 1. The third kappa shape index (κ3) is 2.89. The Labute approximate surface area is 156 Å². The molecule has 2 heterocycles. The molecule has 1 aromatic carbocycles. The molecular weight excluding hydrogens is 359 g/mol. The van der Waals surface area contributed by atoms with Gasteiger partial charge in [0.25, 0.3) is 0 Å². The summed E-state index contributed by atoms with van der Waals surface area (Å²) in [5, 5.41) is 10.2. The Morgan fingerprint density at radius 2 is 2.04 bits per heavy atom. The fourth-order valence-corrected chi connectivity index (χ4v) is 4.72. The maximum atomic E-state index is 14.1. The van der Waals surface area contributed by atoms with Gasteiger partial charge in [-0.1, -0.05) is 24.1 Å². The summed E-state index contributed by atoms with van der Waals surface area (Å²) in [5.74, 6) is -1.15. The Bertz CT molecular complexity index is 754. The minimum atomic E-state index is -0.942. The molecule has 5 nitrogen and oxygen atoms in total. The molecule has 0 bridgehead atoms. The van der Waals surface area contributed by atoms with Crippen LogP contribution in [0.25, 0.3) is 0 Å². The molecule has 1 aromatic rings. The van der Waals surface area contributed by atoms with E-state index >= 15 is 0 Å². The van der Waals surface area contributed by atoms with Gasteiger partial charge in [-0.15, -0.1) is 0 Å². The van der Waals surface area contributed by atoms with Gasteiger partial charge in [0.1, 0.15) is 11.2 Å². The number of likely N-dealkylation sites (tertiary alicyclic amines) is 2. The van der Waals surface area contributed by atoms with Crippen molar-refractivity contribution >= 4 is 23.5 Å². The van der Waals surface area contributed by atoms with Gasteiger partial charge < -0.3 is 10.0 Å². The Hall–Kier alpha value is -1.66. The van der Waals surface area contributed by atoms with Crippen molar-refractivity contribution < 1.29 is 19.1 Å². The van der Waals surface area contributed by atoms with Crippen molar-refractivity contribution in [2.75, 3.05) is 26.2 Å². The van der Waals surface area contributed by atoms with Crippen LogP contribution in [0.5, 0.6) is 0 Å². The molecule has 0 aromatic heterocycles. The maximum Gasteiger partial charge on any atom is 0.313 e. The lowest BCUT2D eigenvalue weighted by atomic mass is 9.81. The van der Waals surface area contributed by atoms with Crippen LogP contribution in [0.2, 0.25) is 5.02 Å². The van der Waals surface area contributed by atoms with Crippen LogP contribution in [-0.2, 0) is 16.1 Å². The summed E-state index contributed by atoms with van der Waals surface area (Å²) < 4.78 is 14.1. The van der Waals surface area contributed by atoms with Gasteiger partial charge >= 0.3 is 5.97 Å². The number of carbonyl (C=O) groups is 2. The number of aliphatic carboxylic acids is 1. The highest BCUT2D eigenvalue weighted by Crippen LogP contribution is 2.44. The van der Waals surface area contributed by atoms with E-state index in [1.54, 1.807) is 17.0 Å². The van der Waals surface area contributed by atoms with E-state index in [4.69, 9.17) is 11.6 Å². The van der Waals surface area contributed by atoms with Gasteiger partial charge in [-0.2, -0.15) is 0 Å². The molecule has 3 fully saturated rings. The minimum absolute atomic E-state index is 0.0823. The quantitative estimate of drug-likeness (QED) is 0.872. The lowest BCUT2D eigenvalue weighted by Crippen LogP contribution is -2.44. The summed E-state index contributed by atoms with van der Waals surface area (Å²) in [5.41, 5.74) is -0.431. The topological polar surface area (TPSA) is 60.9 Å². The van der Waals surface area contributed by atoms with Gasteiger partial charge in [-0.3, -0.25) is 14.5 Å². The third-order valence-corrected chi connectivity index (χ3v) is 6.52. The van der Waals surface area contributed by atoms with Crippen molar-refractivity contribution in [1.29, 1.82) is 0 Å². The molecule has 1 amide bonds. The number of carbonyl (C=O) groups excluding carboxylic acids is 1. The number of amides is 1. The van der Waals surface area contributed by atoms with E-state index in [-0.39, 0.29) is 30.1 Å². The molecule has 0 radical (unpaired) electrons. The first kappa shape index (κ1) is 17.7. The molecule has 1 aliphatic carbocycles. The zero-order valence-corrected chi connectivity index (χ0v) is 15.2. The second kappa shape index (κ2) is 6.50. The lowest BCUT2D eigenvalue weighted by Gasteiger charge is -2.31. The van der Waals surface area contributed by atoms with Crippen molar-refractivity contribution in [2.45, 2.75) is 25.8 Å². The number of halogens is 2. The summed E-state index contributed by atoms with van der Waals surface area (Å²) in [6.07, 6.45) is 2.92. The summed E-state index contributed by atoms with van der Waals surface area (Å²) in [6.45, 7) is 2.00. The van der Waals surface area contributed by atoms with Crippen molar-refractivity contribution in [3.05, 3.63) is 34.6 Å². The average Bonchev–Trinajstić information content (AvgIpc) is 3.03. The first-order chi connectivity index (χ1) is 12.4. The molecule has 7 heteroatoms. The minimum Gasteiger partial charge on any atom is -0.481 e. The number of benzene rings is 1. The molecule has 2 saturated heterocycles. The van der Waals surface area contributed by atoms with Crippen LogP contribution < -0.4 is 0 Å². The second-order valence-corrected chi connectivity index (χ2v) is 8.35. The molecule has 3 aliphatic rings. The molecule has 4 rings (SSSR count). The first-order valence-electron chi connectivity index (χ1n) is 9.07. The number of rotatable bonds is 4. The predicted octanol–water partition coefficient (Wildman–Crippen LogP) is 2.62. The summed E-state index contributed by atoms with van der Waals surface area (Å²) in [7, 11) is 0. The zero-order valence-electron chi connectivity index (χ0n) is 14.5. The number of fused-ring (bicyclic) bond motifs is 1. The highest BCUT2D eigenvalue weighted by molar-refractivity contribution is 6.30. The molecule has 0 spiro atoms. The Morgan fingerprint density at radius 3 is 2.62 bits per heavy atom. The van der Waals surface area contributed by atoms with Crippen molar-refractivity contribution in [2.24, 2.45) is 17.3 Å². The summed E-state index contributed by atoms with van der Waals surface area (Å²) in [4.78, 5) is 28.3. The molecule has 2 atom stereocenters. The highest BCUT2D eigenvalue weighted by atomic mass is 35.5. The summed E-state index contributed by atoms with van der Waals surface area (Å²) in [6, 6.07) is 4.56. The lowest BCUT2D eigenvalue weighted by molar-refractivity contribution is -0.149. The highest BCUT2D eigenvalue weighted by Gasteiger charge is 2.58. The summed E-state index contributed by atoms with van der Waals surface area (Å²) >= 11 is 5.79. The number of carboxylic acids is 1.